The number of hydrogen-bond acceptors (Lipinski definition) is 4. The van der Waals surface area contributed by atoms with Gasteiger partial charge in [0.2, 0.25) is 0 Å². The van der Waals surface area contributed by atoms with Gasteiger partial charge in [-0.3, -0.25) is 5.43 Å². The molecule has 0 fully saturated rings. The molecule has 1 aromatic carbocycles. The van der Waals surface area contributed by atoms with Gasteiger partial charge in [0.15, 0.2) is 17.5 Å². The third-order valence-corrected chi connectivity index (χ3v) is 3.18. The summed E-state index contributed by atoms with van der Waals surface area (Å²) in [6.45, 7) is 2.16. The maximum absolute atomic E-state index is 10.5. The average Bonchev–Trinajstić information content (AvgIpc) is 2.37. The van der Waals surface area contributed by atoms with Gasteiger partial charge in [-0.25, -0.2) is 4.79 Å². The predicted molar refractivity (Wildman–Crippen MR) is 89.3 cm³/mol. The summed E-state index contributed by atoms with van der Waals surface area (Å²) in [6.07, 6.45) is 1.53. The molecule has 9 heteroatoms. The first-order chi connectivity index (χ1) is 9.93. The van der Waals surface area contributed by atoms with Gasteiger partial charge in [-0.1, -0.05) is 11.6 Å². The van der Waals surface area contributed by atoms with Crippen LogP contribution in [0.1, 0.15) is 12.5 Å². The number of nitrogens with one attached hydrogen (secondary N) is 2. The molecule has 0 unspecified atom stereocenters. The lowest BCUT2D eigenvalue weighted by Gasteiger charge is -2.09. The normalized spacial score (nSPS) is 10.4. The van der Waals surface area contributed by atoms with Gasteiger partial charge in [0.1, 0.15) is 0 Å². The van der Waals surface area contributed by atoms with Gasteiger partial charge >= 0.3 is 5.97 Å². The Morgan fingerprint density at radius 1 is 1.62 bits per heavy atom. The van der Waals surface area contributed by atoms with Crippen LogP contribution < -0.4 is 15.5 Å². The predicted octanol–water partition coefficient (Wildman–Crippen LogP) is 2.38. The summed E-state index contributed by atoms with van der Waals surface area (Å²) in [5, 5.41) is 16.1. The molecular weight excluding hydrogens is 382 g/mol. The van der Waals surface area contributed by atoms with Gasteiger partial charge in [0, 0.05) is 6.54 Å². The average molecular weight is 395 g/mol. The van der Waals surface area contributed by atoms with E-state index >= 15 is 0 Å². The molecule has 0 spiro atoms. The molecule has 0 aliphatic heterocycles. The summed E-state index contributed by atoms with van der Waals surface area (Å²) in [5.74, 6) is -0.808. The summed E-state index contributed by atoms with van der Waals surface area (Å²) in [4.78, 5) is 10.5. The van der Waals surface area contributed by atoms with Crippen LogP contribution >= 0.6 is 39.7 Å². The zero-order chi connectivity index (χ0) is 15.8. The van der Waals surface area contributed by atoms with Crippen LogP contribution in [0.2, 0.25) is 5.02 Å². The van der Waals surface area contributed by atoms with E-state index in [0.29, 0.717) is 21.7 Å². The lowest BCUT2D eigenvalue weighted by molar-refractivity contribution is -0.139. The highest BCUT2D eigenvalue weighted by atomic mass is 79.9. The fourth-order valence-electron chi connectivity index (χ4n) is 1.29. The van der Waals surface area contributed by atoms with E-state index < -0.39 is 12.6 Å². The number of ether oxygens (including phenoxy) is 1. The SMILES string of the molecule is CCNC(=S)NN=Cc1cc(Cl)c(OCC(=O)O)c(Br)c1. The molecule has 3 N–H and O–H groups in total. The molecule has 0 bridgehead atoms. The molecule has 1 aromatic rings. The number of rotatable bonds is 6. The van der Waals surface area contributed by atoms with Crippen LogP contribution in [0.3, 0.4) is 0 Å². The molecule has 0 saturated heterocycles. The molecule has 0 saturated carbocycles. The molecule has 0 aliphatic rings. The Hall–Kier alpha value is -1.38. The summed E-state index contributed by atoms with van der Waals surface area (Å²) in [7, 11) is 0. The summed E-state index contributed by atoms with van der Waals surface area (Å²) in [6, 6.07) is 3.30. The van der Waals surface area contributed by atoms with Gasteiger partial charge in [-0.15, -0.1) is 0 Å². The van der Waals surface area contributed by atoms with Gasteiger partial charge in [-0.2, -0.15) is 5.10 Å². The number of carboxylic acid groups (broad SMARTS) is 1. The van der Waals surface area contributed by atoms with Gasteiger partial charge in [-0.05, 0) is 52.8 Å². The number of benzene rings is 1. The van der Waals surface area contributed by atoms with Crippen molar-refractivity contribution in [1.82, 2.24) is 10.7 Å². The molecule has 1 rings (SSSR count). The lowest BCUT2D eigenvalue weighted by atomic mass is 10.2. The maximum Gasteiger partial charge on any atom is 0.341 e. The number of halogens is 2. The van der Waals surface area contributed by atoms with Crippen molar-refractivity contribution in [3.05, 3.63) is 27.2 Å². The molecule has 0 radical (unpaired) electrons. The minimum Gasteiger partial charge on any atom is -0.479 e. The third-order valence-electron chi connectivity index (χ3n) is 2.08. The standard InChI is InChI=1S/C12H13BrClN3O3S/c1-2-15-12(21)17-16-5-7-3-8(13)11(9(14)4-7)20-6-10(18)19/h3-5H,2,6H2,1H3,(H,18,19)(H2,15,17,21). The number of carboxylic acids is 1. The topological polar surface area (TPSA) is 83.0 Å². The van der Waals surface area contributed by atoms with Crippen LogP contribution in [0, 0.1) is 0 Å². The Balaban J connectivity index is 2.76. The van der Waals surface area contributed by atoms with E-state index in [0.717, 1.165) is 0 Å². The van der Waals surface area contributed by atoms with Gasteiger partial charge in [0.25, 0.3) is 0 Å². The smallest absolute Gasteiger partial charge is 0.341 e. The van der Waals surface area contributed by atoms with Crippen molar-refractivity contribution >= 4 is 57.0 Å². The second kappa shape index (κ2) is 8.81. The molecule has 0 atom stereocenters. The molecule has 0 aliphatic carbocycles. The van der Waals surface area contributed by atoms with Crippen LogP contribution in [0.5, 0.6) is 5.75 Å². The number of nitrogens with zero attached hydrogens (tertiary/aromatic N) is 1. The fourth-order valence-corrected chi connectivity index (χ4v) is 2.48. The third kappa shape index (κ3) is 6.28. The van der Waals surface area contributed by atoms with Crippen LogP contribution in [0.15, 0.2) is 21.7 Å². The molecule has 0 aromatic heterocycles. The molecule has 114 valence electrons. The first-order valence-corrected chi connectivity index (χ1v) is 7.42. The molecule has 21 heavy (non-hydrogen) atoms. The quantitative estimate of drug-likeness (QED) is 0.390. The van der Waals surface area contributed by atoms with Crippen molar-refractivity contribution in [2.45, 2.75) is 6.92 Å². The molecular formula is C12H13BrClN3O3S. The Morgan fingerprint density at radius 2 is 2.33 bits per heavy atom. The van der Waals surface area contributed by atoms with E-state index in [1.165, 1.54) is 6.21 Å². The zero-order valence-corrected chi connectivity index (χ0v) is 14.2. The minimum absolute atomic E-state index is 0.271. The van der Waals surface area contributed by atoms with Gasteiger partial charge in [0.05, 0.1) is 15.7 Å². The highest BCUT2D eigenvalue weighted by Gasteiger charge is 2.10. The number of hydrogen-bond donors (Lipinski definition) is 3. The van der Waals surface area contributed by atoms with Crippen molar-refractivity contribution in [2.75, 3.05) is 13.2 Å². The summed E-state index contributed by atoms with van der Waals surface area (Å²) in [5.41, 5.74) is 3.34. The van der Waals surface area contributed by atoms with Gasteiger partial charge < -0.3 is 15.2 Å². The van der Waals surface area contributed by atoms with E-state index in [-0.39, 0.29) is 10.8 Å². The monoisotopic (exact) mass is 393 g/mol. The Morgan fingerprint density at radius 3 is 2.90 bits per heavy atom. The van der Waals surface area contributed by atoms with E-state index in [2.05, 4.69) is 31.8 Å². The van der Waals surface area contributed by atoms with Crippen LogP contribution in [-0.4, -0.2) is 35.6 Å². The largest absolute Gasteiger partial charge is 0.479 e. The van der Waals surface area contributed by atoms with Crippen molar-refractivity contribution in [2.24, 2.45) is 5.10 Å². The fraction of sp³-hybridized carbons (Fsp3) is 0.250. The van der Waals surface area contributed by atoms with E-state index in [1.54, 1.807) is 12.1 Å². The molecule has 6 nitrogen and oxygen atoms in total. The van der Waals surface area contributed by atoms with Crippen LogP contribution in [-0.2, 0) is 4.79 Å². The second-order valence-corrected chi connectivity index (χ2v) is 5.40. The Kier molecular flexibility index (Phi) is 7.41. The van der Waals surface area contributed by atoms with E-state index in [9.17, 15) is 4.79 Å². The first-order valence-electron chi connectivity index (χ1n) is 5.84. The lowest BCUT2D eigenvalue weighted by Crippen LogP contribution is -2.31. The van der Waals surface area contributed by atoms with E-state index in [4.69, 9.17) is 33.7 Å². The van der Waals surface area contributed by atoms with Crippen LogP contribution in [0.4, 0.5) is 0 Å². The Bertz CT molecular complexity index is 546. The van der Waals surface area contributed by atoms with E-state index in [1.807, 2.05) is 6.92 Å². The van der Waals surface area contributed by atoms with Crippen LogP contribution in [0.25, 0.3) is 0 Å². The zero-order valence-electron chi connectivity index (χ0n) is 11.0. The van der Waals surface area contributed by atoms with Crippen molar-refractivity contribution in [3.8, 4) is 5.75 Å². The van der Waals surface area contributed by atoms with Crippen molar-refractivity contribution < 1.29 is 14.6 Å². The Labute approximate surface area is 140 Å². The number of thiocarbonyl (C=S) groups is 1. The molecule has 0 amide bonds. The number of aliphatic carboxylic acids is 1. The number of hydrazone groups is 1. The second-order valence-electron chi connectivity index (χ2n) is 3.73. The highest BCUT2D eigenvalue weighted by Crippen LogP contribution is 2.34. The first kappa shape index (κ1) is 17.7. The molecule has 0 heterocycles. The summed E-state index contributed by atoms with van der Waals surface area (Å²) >= 11 is 14.3. The van der Waals surface area contributed by atoms with Crippen molar-refractivity contribution in [3.63, 3.8) is 0 Å². The highest BCUT2D eigenvalue weighted by molar-refractivity contribution is 9.10. The van der Waals surface area contributed by atoms with Crippen molar-refractivity contribution in [1.29, 1.82) is 0 Å². The minimum atomic E-state index is -1.08. The summed E-state index contributed by atoms with van der Waals surface area (Å²) < 4.78 is 5.62. The number of carbonyl (C=O) groups is 1. The maximum atomic E-state index is 10.5.